The molecule has 3 heteroatoms. The molecule has 0 aliphatic rings. The van der Waals surface area contributed by atoms with Crippen LogP contribution in [0.5, 0.6) is 0 Å². The van der Waals surface area contributed by atoms with Gasteiger partial charge in [0.25, 0.3) is 0 Å². The number of ketones is 1. The first-order valence-electron chi connectivity index (χ1n) is 5.79. The van der Waals surface area contributed by atoms with Gasteiger partial charge in [-0.3, -0.25) is 4.79 Å². The first kappa shape index (κ1) is 12.7. The van der Waals surface area contributed by atoms with E-state index in [0.717, 1.165) is 5.56 Å². The Morgan fingerprint density at radius 3 is 2.56 bits per heavy atom. The second-order valence-electron chi connectivity index (χ2n) is 4.14. The van der Waals surface area contributed by atoms with Crippen molar-refractivity contribution in [1.82, 2.24) is 0 Å². The average molecular weight is 260 g/mol. The number of nitrogen functional groups attached to an aromatic ring is 1. The van der Waals surface area contributed by atoms with E-state index >= 15 is 0 Å². The second kappa shape index (κ2) is 5.69. The highest BCUT2D eigenvalue weighted by Gasteiger charge is 2.10. The molecule has 0 radical (unpaired) electrons. The van der Waals surface area contributed by atoms with Crippen LogP contribution in [0.15, 0.2) is 48.5 Å². The zero-order valence-electron chi connectivity index (χ0n) is 9.90. The predicted molar refractivity (Wildman–Crippen MR) is 75.0 cm³/mol. The second-order valence-corrected chi connectivity index (χ2v) is 4.58. The largest absolute Gasteiger partial charge is 0.398 e. The van der Waals surface area contributed by atoms with Gasteiger partial charge < -0.3 is 5.73 Å². The van der Waals surface area contributed by atoms with Crippen LogP contribution in [0.4, 0.5) is 5.69 Å². The normalized spacial score (nSPS) is 10.3. The van der Waals surface area contributed by atoms with Gasteiger partial charge in [-0.05, 0) is 30.2 Å². The standard InChI is InChI=1S/C15H14ClNO/c16-12-7-8-14(17)13(10-12)15(18)9-6-11-4-2-1-3-5-11/h1-5,7-8,10H,6,9,17H2. The smallest absolute Gasteiger partial charge is 0.165 e. The van der Waals surface area contributed by atoms with Gasteiger partial charge in [-0.1, -0.05) is 41.9 Å². The number of aryl methyl sites for hydroxylation is 1. The number of benzene rings is 2. The molecule has 0 amide bonds. The van der Waals surface area contributed by atoms with E-state index in [1.54, 1.807) is 18.2 Å². The molecule has 0 saturated carbocycles. The fraction of sp³-hybridized carbons (Fsp3) is 0.133. The highest BCUT2D eigenvalue weighted by molar-refractivity contribution is 6.31. The predicted octanol–water partition coefficient (Wildman–Crippen LogP) is 3.74. The molecule has 0 unspecified atom stereocenters. The van der Waals surface area contributed by atoms with E-state index in [1.807, 2.05) is 30.3 Å². The third-order valence-corrected chi connectivity index (χ3v) is 3.03. The Labute approximate surface area is 111 Å². The number of hydrogen-bond acceptors (Lipinski definition) is 2. The van der Waals surface area contributed by atoms with Crippen LogP contribution in [0.1, 0.15) is 22.3 Å². The molecule has 0 aromatic heterocycles. The summed E-state index contributed by atoms with van der Waals surface area (Å²) in [4.78, 5) is 12.1. The van der Waals surface area contributed by atoms with Crippen molar-refractivity contribution in [2.75, 3.05) is 5.73 Å². The Hall–Kier alpha value is -1.80. The van der Waals surface area contributed by atoms with Gasteiger partial charge in [0.05, 0.1) is 0 Å². The number of hydrogen-bond donors (Lipinski definition) is 1. The minimum Gasteiger partial charge on any atom is -0.398 e. The van der Waals surface area contributed by atoms with Crippen molar-refractivity contribution >= 4 is 23.1 Å². The lowest BCUT2D eigenvalue weighted by Crippen LogP contribution is -2.05. The molecule has 0 aliphatic heterocycles. The van der Waals surface area contributed by atoms with E-state index < -0.39 is 0 Å². The number of rotatable bonds is 4. The zero-order valence-corrected chi connectivity index (χ0v) is 10.7. The Morgan fingerprint density at radius 2 is 1.83 bits per heavy atom. The van der Waals surface area contributed by atoms with Crippen LogP contribution >= 0.6 is 11.6 Å². The molecule has 18 heavy (non-hydrogen) atoms. The topological polar surface area (TPSA) is 43.1 Å². The van der Waals surface area contributed by atoms with Crippen LogP contribution in [0.25, 0.3) is 0 Å². The third kappa shape index (κ3) is 3.11. The maximum atomic E-state index is 12.1. The summed E-state index contributed by atoms with van der Waals surface area (Å²) >= 11 is 5.87. The molecule has 2 nitrogen and oxygen atoms in total. The molecule has 0 spiro atoms. The molecule has 92 valence electrons. The maximum absolute atomic E-state index is 12.1. The Kier molecular flexibility index (Phi) is 4.00. The van der Waals surface area contributed by atoms with Crippen molar-refractivity contribution in [3.63, 3.8) is 0 Å². The quantitative estimate of drug-likeness (QED) is 0.671. The summed E-state index contributed by atoms with van der Waals surface area (Å²) in [5.41, 5.74) is 7.92. The summed E-state index contributed by atoms with van der Waals surface area (Å²) in [6, 6.07) is 14.9. The van der Waals surface area contributed by atoms with Gasteiger partial charge in [-0.25, -0.2) is 0 Å². The van der Waals surface area contributed by atoms with Crippen molar-refractivity contribution in [3.05, 3.63) is 64.7 Å². The van der Waals surface area contributed by atoms with Gasteiger partial charge in [0.2, 0.25) is 0 Å². The van der Waals surface area contributed by atoms with Gasteiger partial charge in [-0.2, -0.15) is 0 Å². The molecule has 0 aliphatic carbocycles. The zero-order chi connectivity index (χ0) is 13.0. The third-order valence-electron chi connectivity index (χ3n) is 2.80. The van der Waals surface area contributed by atoms with Crippen molar-refractivity contribution in [1.29, 1.82) is 0 Å². The van der Waals surface area contributed by atoms with E-state index in [9.17, 15) is 4.79 Å². The van der Waals surface area contributed by atoms with Crippen molar-refractivity contribution in [2.24, 2.45) is 0 Å². The van der Waals surface area contributed by atoms with Crippen LogP contribution in [0.2, 0.25) is 5.02 Å². The lowest BCUT2D eigenvalue weighted by molar-refractivity contribution is 0.0983. The van der Waals surface area contributed by atoms with E-state index in [-0.39, 0.29) is 5.78 Å². The molecular weight excluding hydrogens is 246 g/mol. The summed E-state index contributed by atoms with van der Waals surface area (Å²) in [6.07, 6.45) is 1.15. The summed E-state index contributed by atoms with van der Waals surface area (Å²) in [5.74, 6) is 0.0267. The monoisotopic (exact) mass is 259 g/mol. The van der Waals surface area contributed by atoms with Crippen LogP contribution in [0, 0.1) is 0 Å². The molecule has 2 aromatic rings. The molecule has 0 atom stereocenters. The molecule has 0 bridgehead atoms. The SMILES string of the molecule is Nc1ccc(Cl)cc1C(=O)CCc1ccccc1. The van der Waals surface area contributed by atoms with Gasteiger partial charge in [-0.15, -0.1) is 0 Å². The van der Waals surface area contributed by atoms with Crippen LogP contribution < -0.4 is 5.73 Å². The average Bonchev–Trinajstić information content (AvgIpc) is 2.40. The minimum absolute atomic E-state index is 0.0267. The van der Waals surface area contributed by atoms with Crippen LogP contribution in [-0.2, 0) is 6.42 Å². The molecule has 0 saturated heterocycles. The molecular formula is C15H14ClNO. The van der Waals surface area contributed by atoms with Crippen molar-refractivity contribution in [3.8, 4) is 0 Å². The first-order chi connectivity index (χ1) is 8.66. The van der Waals surface area contributed by atoms with E-state index in [2.05, 4.69) is 0 Å². The molecule has 2 rings (SSSR count). The Morgan fingerprint density at radius 1 is 1.11 bits per heavy atom. The summed E-state index contributed by atoms with van der Waals surface area (Å²) in [6.45, 7) is 0. The van der Waals surface area contributed by atoms with Gasteiger partial charge in [0, 0.05) is 22.7 Å². The fourth-order valence-electron chi connectivity index (χ4n) is 1.81. The summed E-state index contributed by atoms with van der Waals surface area (Å²) in [5, 5.41) is 0.535. The Bertz CT molecular complexity index is 552. The number of halogens is 1. The van der Waals surface area contributed by atoms with E-state index in [0.29, 0.717) is 29.1 Å². The van der Waals surface area contributed by atoms with Gasteiger partial charge >= 0.3 is 0 Å². The Balaban J connectivity index is 2.06. The lowest BCUT2D eigenvalue weighted by atomic mass is 10.0. The number of carbonyl (C=O) groups is 1. The fourth-order valence-corrected chi connectivity index (χ4v) is 1.98. The van der Waals surface area contributed by atoms with Crippen LogP contribution in [-0.4, -0.2) is 5.78 Å². The number of carbonyl (C=O) groups excluding carboxylic acids is 1. The number of nitrogens with two attached hydrogens (primary N) is 1. The highest BCUT2D eigenvalue weighted by Crippen LogP contribution is 2.20. The first-order valence-corrected chi connectivity index (χ1v) is 6.17. The van der Waals surface area contributed by atoms with E-state index in [4.69, 9.17) is 17.3 Å². The van der Waals surface area contributed by atoms with Gasteiger partial charge in [0.1, 0.15) is 0 Å². The lowest BCUT2D eigenvalue weighted by Gasteiger charge is -2.05. The van der Waals surface area contributed by atoms with Gasteiger partial charge in [0.15, 0.2) is 5.78 Å². The molecule has 2 aromatic carbocycles. The highest BCUT2D eigenvalue weighted by atomic mass is 35.5. The van der Waals surface area contributed by atoms with Crippen LogP contribution in [0.3, 0.4) is 0 Å². The maximum Gasteiger partial charge on any atom is 0.165 e. The van der Waals surface area contributed by atoms with Crippen molar-refractivity contribution in [2.45, 2.75) is 12.8 Å². The summed E-state index contributed by atoms with van der Waals surface area (Å²) < 4.78 is 0. The number of anilines is 1. The minimum atomic E-state index is 0.0267. The molecule has 0 fully saturated rings. The molecule has 0 heterocycles. The van der Waals surface area contributed by atoms with E-state index in [1.165, 1.54) is 0 Å². The number of Topliss-reactive ketones (excluding diaryl/α,β-unsaturated/α-hetero) is 1. The van der Waals surface area contributed by atoms with Crippen molar-refractivity contribution < 1.29 is 4.79 Å². The summed E-state index contributed by atoms with van der Waals surface area (Å²) in [7, 11) is 0. The molecule has 2 N–H and O–H groups in total.